The molecule has 162 valence electrons. The van der Waals surface area contributed by atoms with Gasteiger partial charge in [0.05, 0.1) is 16.9 Å². The Balaban J connectivity index is 1.92. The van der Waals surface area contributed by atoms with Gasteiger partial charge in [-0.25, -0.2) is 8.42 Å². The summed E-state index contributed by atoms with van der Waals surface area (Å²) in [7, 11) is -3.67. The number of nitrogens with one attached hydrogen (secondary N) is 1. The number of nitro benzene ring substituents is 1. The minimum atomic E-state index is -3.67. The first kappa shape index (κ1) is 23.6. The number of hydrogen-bond donors (Lipinski definition) is 1. The molecule has 0 radical (unpaired) electrons. The van der Waals surface area contributed by atoms with Crippen LogP contribution < -0.4 is 9.62 Å². The second-order valence-corrected chi connectivity index (χ2v) is 9.24. The Bertz CT molecular complexity index is 1010. The van der Waals surface area contributed by atoms with E-state index in [1.807, 2.05) is 12.1 Å². The monoisotopic (exact) mass is 453 g/mol. The number of carbonyl (C=O) groups excluding carboxylic acids is 1. The normalized spacial score (nSPS) is 11.2. The fraction of sp³-hybridized carbons (Fsp3) is 0.350. The Hall–Kier alpha value is -2.65. The van der Waals surface area contributed by atoms with Crippen LogP contribution in [0.3, 0.4) is 0 Å². The Labute approximate surface area is 181 Å². The summed E-state index contributed by atoms with van der Waals surface area (Å²) in [5.74, 6) is -0.187. The number of non-ortho nitro benzene ring substituents is 1. The quantitative estimate of drug-likeness (QED) is 0.437. The number of carbonyl (C=O) groups is 1. The van der Waals surface area contributed by atoms with Crippen molar-refractivity contribution in [1.82, 2.24) is 5.32 Å². The zero-order valence-corrected chi connectivity index (χ0v) is 18.4. The van der Waals surface area contributed by atoms with Crippen molar-refractivity contribution in [3.63, 3.8) is 0 Å². The summed E-state index contributed by atoms with van der Waals surface area (Å²) in [5, 5.41) is 14.5. The van der Waals surface area contributed by atoms with Crippen LogP contribution >= 0.6 is 11.6 Å². The molecule has 1 N–H and O–H groups in total. The predicted octanol–water partition coefficient (Wildman–Crippen LogP) is 3.46. The number of benzene rings is 2. The smallest absolute Gasteiger partial charge is 0.271 e. The maximum atomic E-state index is 12.2. The number of aryl methyl sites for hydroxylation is 1. The Morgan fingerprint density at radius 3 is 2.47 bits per heavy atom. The fourth-order valence-corrected chi connectivity index (χ4v) is 4.05. The lowest BCUT2D eigenvalue weighted by Crippen LogP contribution is -2.33. The van der Waals surface area contributed by atoms with Crippen molar-refractivity contribution in [1.29, 1.82) is 0 Å². The summed E-state index contributed by atoms with van der Waals surface area (Å²) in [6.45, 7) is 2.19. The van der Waals surface area contributed by atoms with Crippen LogP contribution in [0.5, 0.6) is 0 Å². The molecule has 10 heteroatoms. The molecule has 0 saturated carbocycles. The van der Waals surface area contributed by atoms with Gasteiger partial charge in [0.1, 0.15) is 0 Å². The van der Waals surface area contributed by atoms with Gasteiger partial charge >= 0.3 is 0 Å². The highest BCUT2D eigenvalue weighted by Crippen LogP contribution is 2.27. The average molecular weight is 454 g/mol. The Kier molecular flexibility index (Phi) is 8.19. The molecule has 2 rings (SSSR count). The van der Waals surface area contributed by atoms with Crippen LogP contribution in [0.2, 0.25) is 5.02 Å². The van der Waals surface area contributed by atoms with E-state index in [1.54, 1.807) is 19.1 Å². The van der Waals surface area contributed by atoms with Crippen molar-refractivity contribution in [3.8, 4) is 0 Å². The number of halogens is 1. The number of nitrogens with zero attached hydrogens (tertiary/aromatic N) is 2. The highest BCUT2D eigenvalue weighted by atomic mass is 35.5. The predicted molar refractivity (Wildman–Crippen MR) is 117 cm³/mol. The number of hydrogen-bond acceptors (Lipinski definition) is 5. The van der Waals surface area contributed by atoms with Crippen molar-refractivity contribution in [3.05, 3.63) is 68.7 Å². The molecule has 2 aromatic rings. The topological polar surface area (TPSA) is 110 Å². The van der Waals surface area contributed by atoms with Crippen LogP contribution in [0.4, 0.5) is 11.4 Å². The summed E-state index contributed by atoms with van der Waals surface area (Å²) in [6, 6.07) is 11.4. The van der Waals surface area contributed by atoms with E-state index in [4.69, 9.17) is 11.6 Å². The van der Waals surface area contributed by atoms with Crippen LogP contribution in [-0.4, -0.2) is 38.6 Å². The summed E-state index contributed by atoms with van der Waals surface area (Å²) in [4.78, 5) is 22.5. The molecule has 0 aliphatic carbocycles. The molecule has 0 unspecified atom stereocenters. The van der Waals surface area contributed by atoms with E-state index >= 15 is 0 Å². The fourth-order valence-electron chi connectivity index (χ4n) is 2.91. The molecule has 0 atom stereocenters. The van der Waals surface area contributed by atoms with E-state index in [1.165, 1.54) is 18.2 Å². The molecule has 0 fully saturated rings. The van der Waals surface area contributed by atoms with Crippen LogP contribution in [0.25, 0.3) is 0 Å². The third kappa shape index (κ3) is 7.00. The minimum absolute atomic E-state index is 0.0471. The average Bonchev–Trinajstić information content (AvgIpc) is 2.66. The van der Waals surface area contributed by atoms with Gasteiger partial charge in [-0.3, -0.25) is 19.2 Å². The first-order valence-electron chi connectivity index (χ1n) is 9.32. The van der Waals surface area contributed by atoms with Gasteiger partial charge in [-0.1, -0.05) is 29.8 Å². The van der Waals surface area contributed by atoms with Crippen LogP contribution in [-0.2, 0) is 21.2 Å². The first-order chi connectivity index (χ1) is 14.1. The number of rotatable bonds is 10. The molecule has 8 nitrogen and oxygen atoms in total. The number of amides is 1. The SMILES string of the molecule is Cc1ccc([N+](=O)[O-])cc1N(CCCC(=O)NCCc1ccc(Cl)cc1)S(C)(=O)=O. The molecule has 1 amide bonds. The van der Waals surface area contributed by atoms with Gasteiger partial charge in [0, 0.05) is 36.7 Å². The third-order valence-corrected chi connectivity index (χ3v) is 5.92. The lowest BCUT2D eigenvalue weighted by Gasteiger charge is -2.24. The molecule has 0 aromatic heterocycles. The van der Waals surface area contributed by atoms with Gasteiger partial charge < -0.3 is 5.32 Å². The molecule has 0 spiro atoms. The largest absolute Gasteiger partial charge is 0.356 e. The summed E-state index contributed by atoms with van der Waals surface area (Å²) in [6.07, 6.45) is 2.12. The molecule has 2 aromatic carbocycles. The third-order valence-electron chi connectivity index (χ3n) is 4.49. The van der Waals surface area contributed by atoms with Gasteiger partial charge in [-0.2, -0.15) is 0 Å². The molecule has 0 aliphatic heterocycles. The van der Waals surface area contributed by atoms with Crippen molar-refractivity contribution < 1.29 is 18.1 Å². The van der Waals surface area contributed by atoms with E-state index in [0.29, 0.717) is 23.6 Å². The second kappa shape index (κ2) is 10.4. The lowest BCUT2D eigenvalue weighted by atomic mass is 10.1. The van der Waals surface area contributed by atoms with Crippen molar-refractivity contribution >= 4 is 38.9 Å². The van der Waals surface area contributed by atoms with Gasteiger partial charge in [-0.05, 0) is 43.0 Å². The maximum absolute atomic E-state index is 12.2. The first-order valence-corrected chi connectivity index (χ1v) is 11.5. The number of nitro groups is 1. The lowest BCUT2D eigenvalue weighted by molar-refractivity contribution is -0.384. The number of anilines is 1. The van der Waals surface area contributed by atoms with Crippen LogP contribution in [0, 0.1) is 17.0 Å². The molecule has 0 bridgehead atoms. The van der Waals surface area contributed by atoms with Gasteiger partial charge in [0.2, 0.25) is 15.9 Å². The summed E-state index contributed by atoms with van der Waals surface area (Å²) < 4.78 is 25.6. The summed E-state index contributed by atoms with van der Waals surface area (Å²) in [5.41, 5.74) is 1.70. The van der Waals surface area contributed by atoms with Crippen molar-refractivity contribution in [2.24, 2.45) is 0 Å². The number of sulfonamides is 1. The van der Waals surface area contributed by atoms with E-state index < -0.39 is 14.9 Å². The molecule has 0 heterocycles. The van der Waals surface area contributed by atoms with Crippen LogP contribution in [0.1, 0.15) is 24.0 Å². The van der Waals surface area contributed by atoms with E-state index in [9.17, 15) is 23.3 Å². The van der Waals surface area contributed by atoms with Crippen molar-refractivity contribution in [2.75, 3.05) is 23.7 Å². The van der Waals surface area contributed by atoms with Crippen LogP contribution in [0.15, 0.2) is 42.5 Å². The molecular formula is C20H24ClN3O5S. The highest BCUT2D eigenvalue weighted by Gasteiger charge is 2.21. The standard InChI is InChI=1S/C20H24ClN3O5S/c1-15-5-10-18(24(26)27)14-19(15)23(30(2,28)29)13-3-4-20(25)22-12-11-16-6-8-17(21)9-7-16/h5-10,14H,3-4,11-13H2,1-2H3,(H,22,25). The molecular weight excluding hydrogens is 430 g/mol. The van der Waals surface area contributed by atoms with E-state index in [-0.39, 0.29) is 36.7 Å². The zero-order valence-electron chi connectivity index (χ0n) is 16.8. The van der Waals surface area contributed by atoms with E-state index in [0.717, 1.165) is 16.1 Å². The molecule has 30 heavy (non-hydrogen) atoms. The Morgan fingerprint density at radius 1 is 1.20 bits per heavy atom. The molecule has 0 saturated heterocycles. The zero-order chi connectivity index (χ0) is 22.3. The highest BCUT2D eigenvalue weighted by molar-refractivity contribution is 7.92. The Morgan fingerprint density at radius 2 is 1.87 bits per heavy atom. The minimum Gasteiger partial charge on any atom is -0.356 e. The maximum Gasteiger partial charge on any atom is 0.271 e. The van der Waals surface area contributed by atoms with E-state index in [2.05, 4.69) is 5.32 Å². The summed E-state index contributed by atoms with van der Waals surface area (Å²) >= 11 is 5.84. The van der Waals surface area contributed by atoms with Gasteiger partial charge in [0.15, 0.2) is 0 Å². The second-order valence-electron chi connectivity index (χ2n) is 6.89. The van der Waals surface area contributed by atoms with Gasteiger partial charge in [-0.15, -0.1) is 0 Å². The molecule has 0 aliphatic rings. The van der Waals surface area contributed by atoms with Crippen molar-refractivity contribution in [2.45, 2.75) is 26.2 Å². The van der Waals surface area contributed by atoms with Gasteiger partial charge in [0.25, 0.3) is 5.69 Å².